The number of carbonyl (C=O) groups excluding carboxylic acids is 1. The van der Waals surface area contributed by atoms with E-state index in [1.807, 2.05) is 24.3 Å². The van der Waals surface area contributed by atoms with Gasteiger partial charge in [0, 0.05) is 5.56 Å². The number of rotatable bonds is 10. The molecule has 0 fully saturated rings. The van der Waals surface area contributed by atoms with Crippen molar-refractivity contribution >= 4 is 17.9 Å². The third-order valence-electron chi connectivity index (χ3n) is 5.22. The minimum Gasteiger partial charge on any atom is -0.494 e. The Morgan fingerprint density at radius 2 is 1.47 bits per heavy atom. The summed E-state index contributed by atoms with van der Waals surface area (Å²) in [6, 6.07) is 15.7. The van der Waals surface area contributed by atoms with Gasteiger partial charge >= 0.3 is 0 Å². The van der Waals surface area contributed by atoms with Crippen LogP contribution < -0.4 is 18.9 Å². The fourth-order valence-electron chi connectivity index (χ4n) is 3.47. The first kappa shape index (κ1) is 24.6. The van der Waals surface area contributed by atoms with Crippen LogP contribution in [0, 0.1) is 5.82 Å². The Hall–Kier alpha value is -4.06. The average Bonchev–Trinajstić information content (AvgIpc) is 2.87. The van der Waals surface area contributed by atoms with Crippen LogP contribution in [0.25, 0.3) is 12.2 Å². The molecule has 0 atom stereocenters. The molecule has 0 saturated heterocycles. The number of ether oxygens (including phenoxy) is 4. The van der Waals surface area contributed by atoms with Crippen LogP contribution >= 0.6 is 0 Å². The molecule has 0 radical (unpaired) electrons. The second kappa shape index (κ2) is 11.7. The maximum absolute atomic E-state index is 14.5. The number of allylic oxidation sites excluding steroid dienone is 2. The van der Waals surface area contributed by atoms with Crippen LogP contribution in [0.1, 0.15) is 27.0 Å². The summed E-state index contributed by atoms with van der Waals surface area (Å²) in [4.78, 5) is 12.4. The zero-order valence-corrected chi connectivity index (χ0v) is 19.6. The van der Waals surface area contributed by atoms with Gasteiger partial charge in [0.05, 0.1) is 28.4 Å². The van der Waals surface area contributed by atoms with E-state index in [0.29, 0.717) is 34.8 Å². The van der Waals surface area contributed by atoms with Crippen LogP contribution in [0.4, 0.5) is 4.39 Å². The van der Waals surface area contributed by atoms with Crippen molar-refractivity contribution in [3.05, 3.63) is 94.8 Å². The van der Waals surface area contributed by atoms with E-state index >= 15 is 0 Å². The molecule has 6 heteroatoms. The first-order valence-corrected chi connectivity index (χ1v) is 10.6. The fraction of sp³-hybridized carbons (Fsp3) is 0.179. The third-order valence-corrected chi connectivity index (χ3v) is 5.22. The second-order valence-corrected chi connectivity index (χ2v) is 7.31. The topological polar surface area (TPSA) is 54.0 Å². The molecule has 0 aromatic heterocycles. The van der Waals surface area contributed by atoms with Crippen molar-refractivity contribution in [2.75, 3.05) is 28.4 Å². The number of methoxy groups -OCH3 is 4. The zero-order chi connectivity index (χ0) is 24.5. The summed E-state index contributed by atoms with van der Waals surface area (Å²) in [5, 5.41) is 0. The van der Waals surface area contributed by atoms with Crippen LogP contribution in [-0.4, -0.2) is 34.2 Å². The Morgan fingerprint density at radius 1 is 0.824 bits per heavy atom. The van der Waals surface area contributed by atoms with Crippen molar-refractivity contribution in [1.29, 1.82) is 0 Å². The van der Waals surface area contributed by atoms with Gasteiger partial charge in [-0.2, -0.15) is 0 Å². The van der Waals surface area contributed by atoms with Crippen molar-refractivity contribution in [2.45, 2.75) is 6.42 Å². The number of halogens is 1. The van der Waals surface area contributed by atoms with Gasteiger partial charge in [-0.1, -0.05) is 48.6 Å². The molecule has 34 heavy (non-hydrogen) atoms. The van der Waals surface area contributed by atoms with Crippen LogP contribution in [0.2, 0.25) is 0 Å². The van der Waals surface area contributed by atoms with E-state index in [1.54, 1.807) is 63.8 Å². The van der Waals surface area contributed by atoms with Gasteiger partial charge in [0.25, 0.3) is 0 Å². The Kier molecular flexibility index (Phi) is 8.46. The summed E-state index contributed by atoms with van der Waals surface area (Å²) in [6.07, 6.45) is 7.33. The summed E-state index contributed by atoms with van der Waals surface area (Å²) in [7, 11) is 6.05. The lowest BCUT2D eigenvalue weighted by Gasteiger charge is -2.13. The van der Waals surface area contributed by atoms with Crippen molar-refractivity contribution < 1.29 is 28.1 Å². The maximum Gasteiger partial charge on any atom is 0.203 e. The van der Waals surface area contributed by atoms with Gasteiger partial charge in [-0.05, 0) is 53.5 Å². The Morgan fingerprint density at radius 3 is 2.06 bits per heavy atom. The highest BCUT2D eigenvalue weighted by Crippen LogP contribution is 2.38. The van der Waals surface area contributed by atoms with Crippen LogP contribution in [0.5, 0.6) is 23.0 Å². The first-order valence-electron chi connectivity index (χ1n) is 10.6. The minimum atomic E-state index is -0.472. The average molecular weight is 463 g/mol. The molecule has 0 aliphatic rings. The van der Waals surface area contributed by atoms with E-state index in [9.17, 15) is 9.18 Å². The lowest BCUT2D eigenvalue weighted by molar-refractivity contribution is 0.104. The predicted octanol–water partition coefficient (Wildman–Crippen LogP) is 6.01. The van der Waals surface area contributed by atoms with Crippen LogP contribution in [0.3, 0.4) is 0 Å². The van der Waals surface area contributed by atoms with Crippen LogP contribution in [-0.2, 0) is 6.42 Å². The molecule has 0 unspecified atom stereocenters. The molecule has 3 rings (SSSR count). The fourth-order valence-corrected chi connectivity index (χ4v) is 3.47. The van der Waals surface area contributed by atoms with Gasteiger partial charge in [-0.15, -0.1) is 0 Å². The van der Waals surface area contributed by atoms with E-state index in [-0.39, 0.29) is 11.5 Å². The van der Waals surface area contributed by atoms with Crippen LogP contribution in [0.15, 0.2) is 66.7 Å². The Bertz CT molecular complexity index is 1170. The molecule has 0 aliphatic carbocycles. The predicted molar refractivity (Wildman–Crippen MR) is 132 cm³/mol. The molecule has 0 heterocycles. The van der Waals surface area contributed by atoms with E-state index < -0.39 is 5.82 Å². The minimum absolute atomic E-state index is 0.0933. The summed E-state index contributed by atoms with van der Waals surface area (Å²) >= 11 is 0. The van der Waals surface area contributed by atoms with Gasteiger partial charge in [-0.25, -0.2) is 4.39 Å². The lowest BCUT2D eigenvalue weighted by atomic mass is 10.0. The number of ketones is 1. The third kappa shape index (κ3) is 5.84. The van der Waals surface area contributed by atoms with E-state index in [4.69, 9.17) is 18.9 Å². The Balaban J connectivity index is 1.91. The van der Waals surface area contributed by atoms with Crippen molar-refractivity contribution in [3.63, 3.8) is 0 Å². The monoisotopic (exact) mass is 462 g/mol. The maximum atomic E-state index is 14.5. The molecule has 0 saturated carbocycles. The molecule has 0 amide bonds. The highest BCUT2D eigenvalue weighted by Gasteiger charge is 2.13. The molecule has 0 N–H and O–H groups in total. The number of hydrogen-bond acceptors (Lipinski definition) is 5. The smallest absolute Gasteiger partial charge is 0.203 e. The molecule has 5 nitrogen and oxygen atoms in total. The second-order valence-electron chi connectivity index (χ2n) is 7.31. The molecule has 3 aromatic rings. The molecular weight excluding hydrogens is 435 g/mol. The molecule has 0 spiro atoms. The van der Waals surface area contributed by atoms with Crippen molar-refractivity contribution in [1.82, 2.24) is 0 Å². The molecule has 176 valence electrons. The first-order chi connectivity index (χ1) is 16.5. The normalized spacial score (nSPS) is 11.1. The summed E-state index contributed by atoms with van der Waals surface area (Å²) in [5.41, 5.74) is 2.85. The number of hydrogen-bond donors (Lipinski definition) is 0. The SMILES string of the molecule is COc1cc(C/C=C\C(=O)c2ccccc2)c(/C=C\c2cc(OC)c(OC)c(OC)c2)cc1F. The highest BCUT2D eigenvalue weighted by atomic mass is 19.1. The highest BCUT2D eigenvalue weighted by molar-refractivity contribution is 6.04. The molecule has 3 aromatic carbocycles. The molecular formula is C28H27FO5. The van der Waals surface area contributed by atoms with E-state index in [0.717, 1.165) is 11.1 Å². The quantitative estimate of drug-likeness (QED) is 0.210. The van der Waals surface area contributed by atoms with Gasteiger partial charge < -0.3 is 18.9 Å². The van der Waals surface area contributed by atoms with Gasteiger partial charge in [0.15, 0.2) is 28.8 Å². The Labute approximate surface area is 199 Å². The van der Waals surface area contributed by atoms with Gasteiger partial charge in [0.1, 0.15) is 0 Å². The van der Waals surface area contributed by atoms with E-state index in [1.165, 1.54) is 19.3 Å². The van der Waals surface area contributed by atoms with Gasteiger partial charge in [0.2, 0.25) is 5.75 Å². The summed E-state index contributed by atoms with van der Waals surface area (Å²) < 4.78 is 35.8. The molecule has 0 bridgehead atoms. The zero-order valence-electron chi connectivity index (χ0n) is 19.6. The van der Waals surface area contributed by atoms with E-state index in [2.05, 4.69) is 0 Å². The number of benzene rings is 3. The van der Waals surface area contributed by atoms with Crippen molar-refractivity contribution in [2.24, 2.45) is 0 Å². The van der Waals surface area contributed by atoms with Gasteiger partial charge in [-0.3, -0.25) is 4.79 Å². The standard InChI is InChI=1S/C28H27FO5/c1-31-25-18-21(11-8-12-24(30)20-9-6-5-7-10-20)22(17-23(25)29)14-13-19-15-26(32-2)28(34-4)27(16-19)33-3/h5-10,12-18H,11H2,1-4H3/b12-8-,14-13-. The number of carbonyl (C=O) groups is 1. The summed E-state index contributed by atoms with van der Waals surface area (Å²) in [6.45, 7) is 0. The summed E-state index contributed by atoms with van der Waals surface area (Å²) in [5.74, 6) is 1.11. The largest absolute Gasteiger partial charge is 0.494 e. The lowest BCUT2D eigenvalue weighted by Crippen LogP contribution is -1.97. The van der Waals surface area contributed by atoms with Crippen molar-refractivity contribution in [3.8, 4) is 23.0 Å². The molecule has 0 aliphatic heterocycles.